The van der Waals surface area contributed by atoms with Crippen LogP contribution in [0, 0.1) is 0 Å². The van der Waals surface area contributed by atoms with Crippen LogP contribution in [0.2, 0.25) is 0 Å². The molecule has 0 saturated heterocycles. The van der Waals surface area contributed by atoms with E-state index in [0.717, 1.165) is 10.4 Å². The molecule has 0 bridgehead atoms. The Morgan fingerprint density at radius 1 is 1.28 bits per heavy atom. The van der Waals surface area contributed by atoms with Gasteiger partial charge in [-0.15, -0.1) is 11.3 Å². The third kappa shape index (κ3) is 5.07. The fraction of sp³-hybridized carbons (Fsp3) is 0.300. The van der Waals surface area contributed by atoms with Gasteiger partial charge in [0.15, 0.2) is 6.10 Å². The molecule has 3 rings (SSSR count). The Kier molecular flexibility index (Phi) is 6.73. The van der Waals surface area contributed by atoms with Crippen LogP contribution in [0.4, 0.5) is 0 Å². The molecule has 0 spiro atoms. The second-order valence-corrected chi connectivity index (χ2v) is 7.32. The van der Waals surface area contributed by atoms with E-state index in [2.05, 4.69) is 10.3 Å². The maximum Gasteiger partial charge on any atom is 0.326 e. The first kappa shape index (κ1) is 20.7. The van der Waals surface area contributed by atoms with Crippen LogP contribution in [-0.2, 0) is 25.6 Å². The molecule has 0 saturated carbocycles. The molecular weight excluding hydrogens is 394 g/mol. The third-order valence-corrected chi connectivity index (χ3v) is 5.25. The minimum Gasteiger partial charge on any atom is -0.451 e. The molecule has 0 aliphatic carbocycles. The van der Waals surface area contributed by atoms with Crippen LogP contribution in [0.3, 0.4) is 0 Å². The Morgan fingerprint density at radius 3 is 2.76 bits per heavy atom. The number of fused-ring (bicyclic) bond motifs is 1. The first-order valence-corrected chi connectivity index (χ1v) is 9.81. The summed E-state index contributed by atoms with van der Waals surface area (Å²) in [6, 6.07) is 11.5. The van der Waals surface area contributed by atoms with Gasteiger partial charge in [0.2, 0.25) is 0 Å². The van der Waals surface area contributed by atoms with Crippen molar-refractivity contribution in [1.82, 2.24) is 14.9 Å². The Labute approximate surface area is 171 Å². The summed E-state index contributed by atoms with van der Waals surface area (Å²) in [5, 5.41) is 3.03. The maximum absolute atomic E-state index is 12.7. The topological polar surface area (TPSA) is 99.5 Å². The van der Waals surface area contributed by atoms with E-state index in [0.29, 0.717) is 23.4 Å². The zero-order valence-corrected chi connectivity index (χ0v) is 16.9. The van der Waals surface area contributed by atoms with Gasteiger partial charge >= 0.3 is 5.97 Å². The number of nitrogens with zero attached hydrogens (tertiary/aromatic N) is 2. The Bertz CT molecular complexity index is 1060. The summed E-state index contributed by atoms with van der Waals surface area (Å²) in [4.78, 5) is 42.6. The molecule has 1 aromatic carbocycles. The molecule has 9 heteroatoms. The van der Waals surface area contributed by atoms with Crippen molar-refractivity contribution in [3.8, 4) is 10.4 Å². The minimum absolute atomic E-state index is 0.319. The van der Waals surface area contributed by atoms with Gasteiger partial charge < -0.3 is 14.8 Å². The van der Waals surface area contributed by atoms with Crippen LogP contribution < -0.4 is 10.9 Å². The first-order valence-electron chi connectivity index (χ1n) is 9.00. The molecular formula is C20H21N3O5S. The fourth-order valence-electron chi connectivity index (χ4n) is 2.66. The minimum atomic E-state index is -0.974. The van der Waals surface area contributed by atoms with Crippen molar-refractivity contribution in [2.75, 3.05) is 20.3 Å². The molecule has 8 nitrogen and oxygen atoms in total. The van der Waals surface area contributed by atoms with E-state index in [1.807, 2.05) is 30.3 Å². The highest BCUT2D eigenvalue weighted by molar-refractivity contribution is 7.21. The number of ether oxygens (including phenoxy) is 2. The summed E-state index contributed by atoms with van der Waals surface area (Å²) in [7, 11) is 1.52. The zero-order chi connectivity index (χ0) is 20.8. The molecule has 152 valence electrons. The van der Waals surface area contributed by atoms with Gasteiger partial charge in [-0.25, -0.2) is 4.98 Å². The Hall–Kier alpha value is -3.04. The molecule has 0 unspecified atom stereocenters. The van der Waals surface area contributed by atoms with E-state index in [1.165, 1.54) is 36.3 Å². The average Bonchev–Trinajstić information content (AvgIpc) is 3.16. The highest BCUT2D eigenvalue weighted by Gasteiger charge is 2.19. The number of benzene rings is 1. The second-order valence-electron chi connectivity index (χ2n) is 6.29. The molecule has 2 heterocycles. The number of aromatic nitrogens is 2. The number of rotatable bonds is 8. The lowest BCUT2D eigenvalue weighted by atomic mass is 10.2. The van der Waals surface area contributed by atoms with Crippen molar-refractivity contribution >= 4 is 33.4 Å². The standard InChI is InChI=1S/C20H21N3O5S/c1-13(18(25)21-8-9-27-2)28-17(24)11-23-12-22-19-15(20(23)26)10-16(29-19)14-6-4-3-5-7-14/h3-7,10,12-13H,8-9,11H2,1-2H3,(H,21,25)/t13-/m0/s1. The number of thiophene rings is 1. The van der Waals surface area contributed by atoms with Gasteiger partial charge in [-0.2, -0.15) is 0 Å². The molecule has 0 aliphatic heterocycles. The number of hydrogen-bond acceptors (Lipinski definition) is 7. The van der Waals surface area contributed by atoms with Crippen LogP contribution in [-0.4, -0.2) is 47.8 Å². The summed E-state index contributed by atoms with van der Waals surface area (Å²) < 4.78 is 11.1. The van der Waals surface area contributed by atoms with Gasteiger partial charge in [-0.3, -0.25) is 19.0 Å². The van der Waals surface area contributed by atoms with Crippen molar-refractivity contribution in [1.29, 1.82) is 0 Å². The quantitative estimate of drug-likeness (QED) is 0.445. The highest BCUT2D eigenvalue weighted by Crippen LogP contribution is 2.30. The number of nitrogens with one attached hydrogen (secondary N) is 1. The van der Waals surface area contributed by atoms with Crippen LogP contribution >= 0.6 is 11.3 Å². The SMILES string of the molecule is COCCNC(=O)[C@H](C)OC(=O)Cn1cnc2sc(-c3ccccc3)cc2c1=O. The largest absolute Gasteiger partial charge is 0.451 e. The predicted molar refractivity (Wildman–Crippen MR) is 110 cm³/mol. The highest BCUT2D eigenvalue weighted by atomic mass is 32.1. The number of carbonyl (C=O) groups is 2. The summed E-state index contributed by atoms with van der Waals surface area (Å²) in [5.41, 5.74) is 0.664. The number of esters is 1. The van der Waals surface area contributed by atoms with E-state index in [9.17, 15) is 14.4 Å². The van der Waals surface area contributed by atoms with Crippen LogP contribution in [0.1, 0.15) is 6.92 Å². The van der Waals surface area contributed by atoms with Crippen LogP contribution in [0.5, 0.6) is 0 Å². The number of amides is 1. The Balaban J connectivity index is 1.70. The van der Waals surface area contributed by atoms with Crippen LogP contribution in [0.15, 0.2) is 47.5 Å². The molecule has 0 fully saturated rings. The van der Waals surface area contributed by atoms with Gasteiger partial charge in [0.1, 0.15) is 11.4 Å². The number of methoxy groups -OCH3 is 1. The normalized spacial score (nSPS) is 11.9. The molecule has 0 aliphatic rings. The Morgan fingerprint density at radius 2 is 2.03 bits per heavy atom. The lowest BCUT2D eigenvalue weighted by Gasteiger charge is -2.13. The van der Waals surface area contributed by atoms with Crippen molar-refractivity contribution in [3.63, 3.8) is 0 Å². The van der Waals surface area contributed by atoms with E-state index >= 15 is 0 Å². The summed E-state index contributed by atoms with van der Waals surface area (Å²) >= 11 is 1.41. The summed E-state index contributed by atoms with van der Waals surface area (Å²) in [6.07, 6.45) is 0.346. The van der Waals surface area contributed by atoms with E-state index in [-0.39, 0.29) is 12.1 Å². The number of hydrogen-bond donors (Lipinski definition) is 1. The summed E-state index contributed by atoms with van der Waals surface area (Å²) in [5.74, 6) is -1.12. The first-order chi connectivity index (χ1) is 14.0. The van der Waals surface area contributed by atoms with E-state index < -0.39 is 18.0 Å². The van der Waals surface area contributed by atoms with Crippen molar-refractivity contribution in [3.05, 3.63) is 53.1 Å². The smallest absolute Gasteiger partial charge is 0.326 e. The van der Waals surface area contributed by atoms with E-state index in [1.54, 1.807) is 6.07 Å². The molecule has 1 N–H and O–H groups in total. The summed E-state index contributed by atoms with van der Waals surface area (Å²) in [6.45, 7) is 1.82. The van der Waals surface area contributed by atoms with E-state index in [4.69, 9.17) is 9.47 Å². The molecule has 2 aromatic heterocycles. The molecule has 3 aromatic rings. The average molecular weight is 415 g/mol. The lowest BCUT2D eigenvalue weighted by Crippen LogP contribution is -2.38. The molecule has 1 atom stereocenters. The molecule has 0 radical (unpaired) electrons. The maximum atomic E-state index is 12.7. The zero-order valence-electron chi connectivity index (χ0n) is 16.1. The molecule has 29 heavy (non-hydrogen) atoms. The van der Waals surface area contributed by atoms with Gasteiger partial charge in [-0.1, -0.05) is 30.3 Å². The van der Waals surface area contributed by atoms with Gasteiger partial charge in [-0.05, 0) is 18.6 Å². The third-order valence-electron chi connectivity index (χ3n) is 4.16. The monoisotopic (exact) mass is 415 g/mol. The van der Waals surface area contributed by atoms with Crippen LogP contribution in [0.25, 0.3) is 20.7 Å². The second kappa shape index (κ2) is 9.44. The van der Waals surface area contributed by atoms with Gasteiger partial charge in [0, 0.05) is 18.5 Å². The number of carbonyl (C=O) groups excluding carboxylic acids is 2. The lowest BCUT2D eigenvalue weighted by molar-refractivity contribution is -0.155. The van der Waals surface area contributed by atoms with Crippen molar-refractivity contribution in [2.45, 2.75) is 19.6 Å². The van der Waals surface area contributed by atoms with Gasteiger partial charge in [0.05, 0.1) is 18.3 Å². The van der Waals surface area contributed by atoms with Crippen molar-refractivity contribution < 1.29 is 19.1 Å². The van der Waals surface area contributed by atoms with Gasteiger partial charge in [0.25, 0.3) is 11.5 Å². The predicted octanol–water partition coefficient (Wildman–Crippen LogP) is 1.82. The molecule has 1 amide bonds. The fourth-order valence-corrected chi connectivity index (χ4v) is 3.66. The van der Waals surface area contributed by atoms with Crippen molar-refractivity contribution in [2.24, 2.45) is 0 Å².